The van der Waals surface area contributed by atoms with Gasteiger partial charge in [0.1, 0.15) is 17.1 Å². The summed E-state index contributed by atoms with van der Waals surface area (Å²) in [5.41, 5.74) is 7.56. The second-order valence-electron chi connectivity index (χ2n) is 6.34. The summed E-state index contributed by atoms with van der Waals surface area (Å²) in [5.74, 6) is 1.52. The quantitative estimate of drug-likeness (QED) is 0.447. The predicted octanol–water partition coefficient (Wildman–Crippen LogP) is 4.73. The van der Waals surface area contributed by atoms with Crippen LogP contribution in [0.3, 0.4) is 0 Å². The first-order chi connectivity index (χ1) is 12.7. The Kier molecular flexibility index (Phi) is 6.08. The van der Waals surface area contributed by atoms with Crippen molar-refractivity contribution in [3.63, 3.8) is 0 Å². The van der Waals surface area contributed by atoms with Crippen LogP contribution >= 0.6 is 0 Å². The minimum Gasteiger partial charge on any atom is -0.494 e. The molecule has 26 heavy (non-hydrogen) atoms. The van der Waals surface area contributed by atoms with Gasteiger partial charge in [0.15, 0.2) is 5.78 Å². The topological polar surface area (TPSA) is 65.5 Å². The number of carbonyl (C=O) groups excluding carboxylic acids is 1. The van der Waals surface area contributed by atoms with Crippen molar-refractivity contribution in [2.24, 2.45) is 5.73 Å². The van der Waals surface area contributed by atoms with Crippen LogP contribution < -0.4 is 10.5 Å². The standard InChI is InChI=1S/C22H25NO3/c1-2-3-8-20-21(18-7-4-5-9-19(18)26-20)22(24)16-10-12-17(13-11-16)25-15-6-14-23/h4-5,7,9-13H,2-3,6,8,14-15,23H2,1H3. The number of rotatable bonds is 9. The molecule has 136 valence electrons. The van der Waals surface area contributed by atoms with Crippen LogP contribution in [0.25, 0.3) is 11.0 Å². The lowest BCUT2D eigenvalue weighted by molar-refractivity contribution is 0.103. The first-order valence-electron chi connectivity index (χ1n) is 9.22. The molecule has 2 aromatic carbocycles. The molecule has 0 aliphatic heterocycles. The zero-order valence-electron chi connectivity index (χ0n) is 15.2. The highest BCUT2D eigenvalue weighted by Gasteiger charge is 2.21. The molecule has 0 amide bonds. The molecule has 3 rings (SSSR count). The summed E-state index contributed by atoms with van der Waals surface area (Å²) in [5, 5.41) is 0.881. The van der Waals surface area contributed by atoms with E-state index in [0.717, 1.165) is 48.2 Å². The molecule has 2 N–H and O–H groups in total. The molecule has 0 unspecified atom stereocenters. The molecule has 3 aromatic rings. The van der Waals surface area contributed by atoms with Crippen LogP contribution in [0.5, 0.6) is 5.75 Å². The van der Waals surface area contributed by atoms with Gasteiger partial charge in [0.2, 0.25) is 0 Å². The molecular formula is C22H25NO3. The van der Waals surface area contributed by atoms with Crippen molar-refractivity contribution in [1.82, 2.24) is 0 Å². The number of aryl methyl sites for hydroxylation is 1. The average molecular weight is 351 g/mol. The van der Waals surface area contributed by atoms with Gasteiger partial charge in [-0.1, -0.05) is 31.5 Å². The summed E-state index contributed by atoms with van der Waals surface area (Å²) in [7, 11) is 0. The van der Waals surface area contributed by atoms with Gasteiger partial charge in [0.05, 0.1) is 12.2 Å². The fourth-order valence-corrected chi connectivity index (χ4v) is 2.98. The van der Waals surface area contributed by atoms with E-state index in [1.54, 1.807) is 0 Å². The number of fused-ring (bicyclic) bond motifs is 1. The van der Waals surface area contributed by atoms with Crippen LogP contribution in [0.1, 0.15) is 47.9 Å². The maximum absolute atomic E-state index is 13.2. The van der Waals surface area contributed by atoms with Crippen molar-refractivity contribution in [3.05, 3.63) is 65.4 Å². The third-order valence-corrected chi connectivity index (χ3v) is 4.39. The largest absolute Gasteiger partial charge is 0.494 e. The zero-order chi connectivity index (χ0) is 18.4. The van der Waals surface area contributed by atoms with Crippen LogP contribution in [0.4, 0.5) is 0 Å². The Hall–Kier alpha value is -2.59. The SMILES string of the molecule is CCCCc1oc2ccccc2c1C(=O)c1ccc(OCCCN)cc1. The minimum atomic E-state index is -0.00504. The first kappa shape index (κ1) is 18.2. The zero-order valence-corrected chi connectivity index (χ0v) is 15.2. The van der Waals surface area contributed by atoms with Crippen molar-refractivity contribution in [3.8, 4) is 5.75 Å². The van der Waals surface area contributed by atoms with E-state index in [0.29, 0.717) is 24.3 Å². The Balaban J connectivity index is 1.89. The van der Waals surface area contributed by atoms with Crippen LogP contribution in [0.2, 0.25) is 0 Å². The molecule has 0 atom stereocenters. The summed E-state index contributed by atoms with van der Waals surface area (Å²) in [6.07, 6.45) is 3.63. The fourth-order valence-electron chi connectivity index (χ4n) is 2.98. The highest BCUT2D eigenvalue weighted by Crippen LogP contribution is 2.29. The van der Waals surface area contributed by atoms with Gasteiger partial charge in [-0.25, -0.2) is 0 Å². The van der Waals surface area contributed by atoms with Gasteiger partial charge in [-0.05, 0) is 49.7 Å². The number of para-hydroxylation sites is 1. The minimum absolute atomic E-state index is 0.00504. The lowest BCUT2D eigenvalue weighted by Gasteiger charge is -2.07. The van der Waals surface area contributed by atoms with Gasteiger partial charge >= 0.3 is 0 Å². The number of ether oxygens (including phenoxy) is 1. The van der Waals surface area contributed by atoms with Gasteiger partial charge in [-0.2, -0.15) is 0 Å². The Morgan fingerprint density at radius 3 is 2.58 bits per heavy atom. The predicted molar refractivity (Wildman–Crippen MR) is 104 cm³/mol. The number of furan rings is 1. The molecule has 0 aliphatic carbocycles. The average Bonchev–Trinajstić information content (AvgIpc) is 3.05. The van der Waals surface area contributed by atoms with Crippen molar-refractivity contribution < 1.29 is 13.9 Å². The van der Waals surface area contributed by atoms with Crippen LogP contribution in [0.15, 0.2) is 52.9 Å². The van der Waals surface area contributed by atoms with E-state index < -0.39 is 0 Å². The van der Waals surface area contributed by atoms with E-state index in [-0.39, 0.29) is 5.78 Å². The van der Waals surface area contributed by atoms with Crippen LogP contribution in [-0.2, 0) is 6.42 Å². The molecule has 4 heteroatoms. The number of nitrogens with two attached hydrogens (primary N) is 1. The van der Waals surface area contributed by atoms with E-state index in [1.165, 1.54) is 0 Å². The molecule has 0 bridgehead atoms. The summed E-state index contributed by atoms with van der Waals surface area (Å²) in [6.45, 7) is 3.32. The number of benzene rings is 2. The molecule has 0 saturated carbocycles. The van der Waals surface area contributed by atoms with Gasteiger partial charge < -0.3 is 14.9 Å². The van der Waals surface area contributed by atoms with Gasteiger partial charge in [0, 0.05) is 17.4 Å². The van der Waals surface area contributed by atoms with Gasteiger partial charge in [-0.3, -0.25) is 4.79 Å². The summed E-state index contributed by atoms with van der Waals surface area (Å²) < 4.78 is 11.6. The molecule has 0 aliphatic rings. The summed E-state index contributed by atoms with van der Waals surface area (Å²) in [6, 6.07) is 15.0. The molecule has 0 radical (unpaired) electrons. The first-order valence-corrected chi connectivity index (χ1v) is 9.22. The van der Waals surface area contributed by atoms with E-state index >= 15 is 0 Å². The lowest BCUT2D eigenvalue weighted by atomic mass is 9.98. The Bertz CT molecular complexity index is 865. The van der Waals surface area contributed by atoms with Crippen molar-refractivity contribution in [1.29, 1.82) is 0 Å². The lowest BCUT2D eigenvalue weighted by Crippen LogP contribution is -2.07. The number of unbranched alkanes of at least 4 members (excludes halogenated alkanes) is 1. The van der Waals surface area contributed by atoms with Crippen LogP contribution in [-0.4, -0.2) is 18.9 Å². The van der Waals surface area contributed by atoms with E-state index in [9.17, 15) is 4.79 Å². The molecule has 1 heterocycles. The van der Waals surface area contributed by atoms with E-state index in [1.807, 2.05) is 48.5 Å². The highest BCUT2D eigenvalue weighted by atomic mass is 16.5. The third kappa shape index (κ3) is 3.97. The van der Waals surface area contributed by atoms with Gasteiger partial charge in [-0.15, -0.1) is 0 Å². The van der Waals surface area contributed by atoms with E-state index in [4.69, 9.17) is 14.9 Å². The summed E-state index contributed by atoms with van der Waals surface area (Å²) in [4.78, 5) is 13.2. The molecule has 1 aromatic heterocycles. The smallest absolute Gasteiger partial charge is 0.197 e. The van der Waals surface area contributed by atoms with Gasteiger partial charge in [0.25, 0.3) is 0 Å². The molecular weight excluding hydrogens is 326 g/mol. The van der Waals surface area contributed by atoms with Crippen molar-refractivity contribution in [2.45, 2.75) is 32.6 Å². The monoisotopic (exact) mass is 351 g/mol. The molecule has 0 spiro atoms. The highest BCUT2D eigenvalue weighted by molar-refractivity contribution is 6.16. The molecule has 0 saturated heterocycles. The molecule has 0 fully saturated rings. The number of ketones is 1. The second kappa shape index (κ2) is 8.68. The summed E-state index contributed by atoms with van der Waals surface area (Å²) >= 11 is 0. The Morgan fingerprint density at radius 1 is 1.08 bits per heavy atom. The van der Waals surface area contributed by atoms with E-state index in [2.05, 4.69) is 6.92 Å². The second-order valence-corrected chi connectivity index (χ2v) is 6.34. The Morgan fingerprint density at radius 2 is 1.85 bits per heavy atom. The number of hydrogen-bond donors (Lipinski definition) is 1. The normalized spacial score (nSPS) is 11.0. The fraction of sp³-hybridized carbons (Fsp3) is 0.318. The Labute approximate surface area is 153 Å². The maximum Gasteiger partial charge on any atom is 0.197 e. The van der Waals surface area contributed by atoms with Crippen molar-refractivity contribution >= 4 is 16.8 Å². The maximum atomic E-state index is 13.2. The van der Waals surface area contributed by atoms with Crippen molar-refractivity contribution in [2.75, 3.05) is 13.2 Å². The van der Waals surface area contributed by atoms with Crippen LogP contribution in [0, 0.1) is 0 Å². The third-order valence-electron chi connectivity index (χ3n) is 4.39. The number of carbonyl (C=O) groups is 1. The number of hydrogen-bond acceptors (Lipinski definition) is 4. The molecule has 4 nitrogen and oxygen atoms in total.